The molecule has 3 rings (SSSR count). The molecule has 0 aromatic heterocycles. The van der Waals surface area contributed by atoms with Gasteiger partial charge in [0.2, 0.25) is 5.91 Å². The summed E-state index contributed by atoms with van der Waals surface area (Å²) < 4.78 is 5.54. The third-order valence-corrected chi connectivity index (χ3v) is 5.84. The number of carboxylic acid groups (broad SMARTS) is 1. The molecule has 8 heteroatoms. The van der Waals surface area contributed by atoms with E-state index in [2.05, 4.69) is 10.6 Å². The van der Waals surface area contributed by atoms with E-state index in [1.807, 2.05) is 69.3 Å². The van der Waals surface area contributed by atoms with Crippen molar-refractivity contribution in [2.75, 3.05) is 13.2 Å². The van der Waals surface area contributed by atoms with Crippen LogP contribution in [-0.2, 0) is 14.3 Å². The number of ether oxygens (including phenoxy) is 1. The number of nitrogens with one attached hydrogen (secondary N) is 2. The number of aliphatic hydroxyl groups is 1. The van der Waals surface area contributed by atoms with Crippen LogP contribution >= 0.6 is 0 Å². The normalized spacial score (nSPS) is 15.4. The lowest BCUT2D eigenvalue weighted by molar-refractivity contribution is -0.156. The number of carboxylic acids is 1. The van der Waals surface area contributed by atoms with Crippen LogP contribution in [0.1, 0.15) is 51.2 Å². The van der Waals surface area contributed by atoms with Crippen LogP contribution in [0.25, 0.3) is 11.1 Å². The Labute approximate surface area is 199 Å². The summed E-state index contributed by atoms with van der Waals surface area (Å²) in [6.45, 7) is 6.46. The third-order valence-electron chi connectivity index (χ3n) is 5.84. The number of carbonyl (C=O) groups is 3. The van der Waals surface area contributed by atoms with E-state index in [1.165, 1.54) is 0 Å². The van der Waals surface area contributed by atoms with Crippen LogP contribution < -0.4 is 10.6 Å². The zero-order valence-corrected chi connectivity index (χ0v) is 19.9. The molecular formula is C26H32N2O6. The predicted molar refractivity (Wildman–Crippen MR) is 127 cm³/mol. The maximum Gasteiger partial charge on any atom is 0.407 e. The molecule has 0 aliphatic heterocycles. The summed E-state index contributed by atoms with van der Waals surface area (Å²) in [5.41, 5.74) is 1.96. The fraction of sp³-hybridized carbons (Fsp3) is 0.423. The molecular weight excluding hydrogens is 436 g/mol. The number of carbonyl (C=O) groups excluding carboxylic acids is 2. The number of benzene rings is 2. The number of amides is 2. The summed E-state index contributed by atoms with van der Waals surface area (Å²) in [5.74, 6) is -2.16. The maximum absolute atomic E-state index is 12.7. The molecule has 2 atom stereocenters. The topological polar surface area (TPSA) is 125 Å². The van der Waals surface area contributed by atoms with Gasteiger partial charge in [-0.2, -0.15) is 0 Å². The summed E-state index contributed by atoms with van der Waals surface area (Å²) in [4.78, 5) is 36.5. The van der Waals surface area contributed by atoms with Crippen molar-refractivity contribution < 1.29 is 29.3 Å². The van der Waals surface area contributed by atoms with E-state index in [9.17, 15) is 19.5 Å². The molecule has 1 aliphatic rings. The Balaban J connectivity index is 1.67. The van der Waals surface area contributed by atoms with E-state index in [0.717, 1.165) is 29.2 Å². The quantitative estimate of drug-likeness (QED) is 0.471. The molecule has 2 aromatic rings. The van der Waals surface area contributed by atoms with Crippen LogP contribution in [-0.4, -0.2) is 53.0 Å². The second kappa shape index (κ2) is 9.85. The summed E-state index contributed by atoms with van der Waals surface area (Å²) in [5, 5.41) is 23.9. The van der Waals surface area contributed by atoms with Crippen LogP contribution in [0.5, 0.6) is 0 Å². The van der Waals surface area contributed by atoms with Crippen LogP contribution in [0.4, 0.5) is 4.79 Å². The zero-order chi connectivity index (χ0) is 25.1. The minimum atomic E-state index is -2.12. The SMILES string of the molecule is CC(C)(C)CC(NC(=O)OCC1c2ccccc2-c2ccccc21)C(=O)NCC(C)(O)C(=O)O. The molecule has 2 unspecified atom stereocenters. The highest BCUT2D eigenvalue weighted by Crippen LogP contribution is 2.44. The second-order valence-electron chi connectivity index (χ2n) is 10.1. The van der Waals surface area contributed by atoms with Crippen molar-refractivity contribution in [1.82, 2.24) is 10.6 Å². The van der Waals surface area contributed by atoms with Crippen LogP contribution in [0, 0.1) is 5.41 Å². The Kier molecular flexibility index (Phi) is 7.31. The molecule has 4 N–H and O–H groups in total. The van der Waals surface area contributed by atoms with Crippen molar-refractivity contribution in [2.24, 2.45) is 5.41 Å². The fourth-order valence-corrected chi connectivity index (χ4v) is 4.06. The van der Waals surface area contributed by atoms with Gasteiger partial charge >= 0.3 is 12.1 Å². The van der Waals surface area contributed by atoms with Crippen molar-refractivity contribution in [2.45, 2.75) is 51.7 Å². The molecule has 0 saturated heterocycles. The summed E-state index contributed by atoms with van der Waals surface area (Å²) in [6, 6.07) is 15.0. The average molecular weight is 469 g/mol. The minimum absolute atomic E-state index is 0.109. The maximum atomic E-state index is 12.7. The summed E-state index contributed by atoms with van der Waals surface area (Å²) in [7, 11) is 0. The Morgan fingerprint density at radius 1 is 0.971 bits per heavy atom. The molecule has 2 aromatic carbocycles. The Hall–Kier alpha value is -3.39. The molecule has 0 heterocycles. The first-order valence-corrected chi connectivity index (χ1v) is 11.2. The first-order chi connectivity index (χ1) is 15.9. The largest absolute Gasteiger partial charge is 0.479 e. The van der Waals surface area contributed by atoms with Gasteiger partial charge in [-0.1, -0.05) is 69.3 Å². The van der Waals surface area contributed by atoms with E-state index in [-0.39, 0.29) is 24.4 Å². The molecule has 34 heavy (non-hydrogen) atoms. The average Bonchev–Trinajstić information content (AvgIpc) is 3.08. The number of hydrogen-bond acceptors (Lipinski definition) is 5. The van der Waals surface area contributed by atoms with Gasteiger partial charge in [0.25, 0.3) is 0 Å². The Morgan fingerprint density at radius 2 is 1.50 bits per heavy atom. The number of alkyl carbamates (subject to hydrolysis) is 1. The molecule has 0 radical (unpaired) electrons. The van der Waals surface area contributed by atoms with Gasteiger partial charge < -0.3 is 25.6 Å². The molecule has 2 amide bonds. The van der Waals surface area contributed by atoms with Gasteiger partial charge in [0, 0.05) is 5.92 Å². The van der Waals surface area contributed by atoms with Gasteiger partial charge in [-0.05, 0) is 41.0 Å². The lowest BCUT2D eigenvalue weighted by Crippen LogP contribution is -2.53. The predicted octanol–water partition coefficient (Wildman–Crippen LogP) is 3.28. The highest BCUT2D eigenvalue weighted by Gasteiger charge is 2.34. The summed E-state index contributed by atoms with van der Waals surface area (Å²) >= 11 is 0. The first kappa shape index (κ1) is 25.2. The number of fused-ring (bicyclic) bond motifs is 3. The van der Waals surface area contributed by atoms with E-state index in [1.54, 1.807) is 0 Å². The Bertz CT molecular complexity index is 1030. The molecule has 0 fully saturated rings. The van der Waals surface area contributed by atoms with Crippen molar-refractivity contribution in [1.29, 1.82) is 0 Å². The third kappa shape index (κ3) is 5.94. The van der Waals surface area contributed by atoms with Gasteiger partial charge in [0.15, 0.2) is 5.60 Å². The highest BCUT2D eigenvalue weighted by molar-refractivity contribution is 5.87. The molecule has 0 saturated carbocycles. The summed E-state index contributed by atoms with van der Waals surface area (Å²) in [6.07, 6.45) is -0.450. The van der Waals surface area contributed by atoms with Crippen molar-refractivity contribution in [3.8, 4) is 11.1 Å². The van der Waals surface area contributed by atoms with Gasteiger partial charge in [-0.25, -0.2) is 9.59 Å². The van der Waals surface area contributed by atoms with E-state index < -0.39 is 36.2 Å². The monoisotopic (exact) mass is 468 g/mol. The lowest BCUT2D eigenvalue weighted by atomic mass is 9.87. The highest BCUT2D eigenvalue weighted by atomic mass is 16.5. The number of aliphatic carboxylic acids is 1. The van der Waals surface area contributed by atoms with Crippen LogP contribution in [0.15, 0.2) is 48.5 Å². The lowest BCUT2D eigenvalue weighted by Gasteiger charge is -2.27. The van der Waals surface area contributed by atoms with Crippen molar-refractivity contribution in [3.63, 3.8) is 0 Å². The van der Waals surface area contributed by atoms with E-state index in [0.29, 0.717) is 0 Å². The zero-order valence-electron chi connectivity index (χ0n) is 19.9. The van der Waals surface area contributed by atoms with Gasteiger partial charge in [-0.3, -0.25) is 4.79 Å². The molecule has 0 bridgehead atoms. The van der Waals surface area contributed by atoms with Crippen molar-refractivity contribution in [3.05, 3.63) is 59.7 Å². The molecule has 8 nitrogen and oxygen atoms in total. The van der Waals surface area contributed by atoms with E-state index in [4.69, 9.17) is 9.84 Å². The molecule has 1 aliphatic carbocycles. The number of hydrogen-bond donors (Lipinski definition) is 4. The van der Waals surface area contributed by atoms with Crippen LogP contribution in [0.3, 0.4) is 0 Å². The first-order valence-electron chi connectivity index (χ1n) is 11.2. The van der Waals surface area contributed by atoms with Gasteiger partial charge in [-0.15, -0.1) is 0 Å². The minimum Gasteiger partial charge on any atom is -0.479 e. The molecule has 182 valence electrons. The standard InChI is InChI=1S/C26H32N2O6/c1-25(2,3)13-21(22(29)27-15-26(4,33)23(30)31)28-24(32)34-14-20-18-11-7-5-9-16(18)17-10-6-8-12-19(17)20/h5-12,20-21,33H,13-15H2,1-4H3,(H,27,29)(H,28,32)(H,30,31). The fourth-order valence-electron chi connectivity index (χ4n) is 4.06. The van der Waals surface area contributed by atoms with E-state index >= 15 is 0 Å². The van der Waals surface area contributed by atoms with Gasteiger partial charge in [0.1, 0.15) is 12.6 Å². The van der Waals surface area contributed by atoms with Crippen LogP contribution in [0.2, 0.25) is 0 Å². The number of rotatable bonds is 8. The Morgan fingerprint density at radius 3 is 2.00 bits per heavy atom. The van der Waals surface area contributed by atoms with Gasteiger partial charge in [0.05, 0.1) is 6.54 Å². The second-order valence-corrected chi connectivity index (χ2v) is 10.1. The molecule has 0 spiro atoms. The smallest absolute Gasteiger partial charge is 0.407 e. The van der Waals surface area contributed by atoms with Crippen molar-refractivity contribution >= 4 is 18.0 Å².